The third kappa shape index (κ3) is 4.83. The molecule has 2 aliphatic rings. The van der Waals surface area contributed by atoms with Crippen LogP contribution in [0.25, 0.3) is 11.7 Å². The van der Waals surface area contributed by atoms with Crippen LogP contribution in [0.3, 0.4) is 0 Å². The summed E-state index contributed by atoms with van der Waals surface area (Å²) in [5.41, 5.74) is 2.89. The molecule has 192 valence electrons. The Hall–Kier alpha value is -3.37. The van der Waals surface area contributed by atoms with Gasteiger partial charge in [-0.1, -0.05) is 37.0 Å². The van der Waals surface area contributed by atoms with Crippen molar-refractivity contribution in [2.45, 2.75) is 20.3 Å². The van der Waals surface area contributed by atoms with Crippen molar-refractivity contribution in [3.05, 3.63) is 69.0 Å². The van der Waals surface area contributed by atoms with Crippen LogP contribution in [0.4, 0.5) is 11.5 Å². The lowest BCUT2D eigenvalue weighted by atomic mass is 10.2. The summed E-state index contributed by atoms with van der Waals surface area (Å²) < 4.78 is 7.37. The molecule has 4 heterocycles. The summed E-state index contributed by atoms with van der Waals surface area (Å²) in [4.78, 5) is 38.3. The number of ether oxygens (including phenoxy) is 1. The number of hydrogen-bond donors (Lipinski definition) is 0. The van der Waals surface area contributed by atoms with E-state index in [1.807, 2.05) is 38.1 Å². The topological polar surface area (TPSA) is 70.4 Å². The van der Waals surface area contributed by atoms with E-state index in [2.05, 4.69) is 21.9 Å². The molecule has 0 unspecified atom stereocenters. The minimum atomic E-state index is -0.193. The fourth-order valence-corrected chi connectivity index (χ4v) is 5.98. The molecule has 2 saturated heterocycles. The first kappa shape index (κ1) is 25.3. The number of fused-ring (bicyclic) bond motifs is 1. The maximum Gasteiger partial charge on any atom is 0.267 e. The summed E-state index contributed by atoms with van der Waals surface area (Å²) in [6.07, 6.45) is 4.22. The van der Waals surface area contributed by atoms with Gasteiger partial charge >= 0.3 is 0 Å². The van der Waals surface area contributed by atoms with E-state index in [1.165, 1.54) is 11.8 Å². The van der Waals surface area contributed by atoms with Gasteiger partial charge in [-0.25, -0.2) is 4.98 Å². The molecule has 37 heavy (non-hydrogen) atoms. The first-order chi connectivity index (χ1) is 17.9. The summed E-state index contributed by atoms with van der Waals surface area (Å²) in [5, 5.41) is 0. The van der Waals surface area contributed by atoms with Gasteiger partial charge in [0.25, 0.3) is 11.5 Å². The average Bonchev–Trinajstić information content (AvgIpc) is 3.18. The predicted molar refractivity (Wildman–Crippen MR) is 154 cm³/mol. The number of thioether (sulfide) groups is 1. The van der Waals surface area contributed by atoms with E-state index >= 15 is 0 Å². The van der Waals surface area contributed by atoms with Gasteiger partial charge in [0.05, 0.1) is 17.6 Å². The van der Waals surface area contributed by atoms with Crippen LogP contribution >= 0.6 is 24.0 Å². The van der Waals surface area contributed by atoms with Crippen molar-refractivity contribution in [3.8, 4) is 5.75 Å². The molecule has 2 aliphatic heterocycles. The number of aryl methyl sites for hydroxylation is 1. The lowest BCUT2D eigenvalue weighted by Crippen LogP contribution is -2.47. The molecular weight excluding hydrogens is 506 g/mol. The lowest BCUT2D eigenvalue weighted by molar-refractivity contribution is -0.122. The fourth-order valence-electron chi connectivity index (χ4n) is 4.68. The number of hydrogen-bond acceptors (Lipinski definition) is 8. The van der Waals surface area contributed by atoms with Gasteiger partial charge in [0, 0.05) is 44.6 Å². The highest BCUT2D eigenvalue weighted by molar-refractivity contribution is 8.26. The molecule has 0 atom stereocenters. The first-order valence-corrected chi connectivity index (χ1v) is 13.5. The molecule has 10 heteroatoms. The molecular formula is C27H29N5O3S2. The van der Waals surface area contributed by atoms with E-state index in [0.717, 1.165) is 36.5 Å². The Labute approximate surface area is 225 Å². The number of carbonyl (C=O) groups is 1. The SMILES string of the molecule is CCCN1C(=O)C(=Cc2c(N3CCN(c4ccc(OC)cc4)CC3)nc3c(C)cccn3c2=O)SC1=S. The van der Waals surface area contributed by atoms with Gasteiger partial charge in [0.15, 0.2) is 0 Å². The van der Waals surface area contributed by atoms with Crippen LogP contribution in [0.1, 0.15) is 24.5 Å². The number of thiocarbonyl (C=S) groups is 1. The van der Waals surface area contributed by atoms with E-state index in [-0.39, 0.29) is 11.5 Å². The normalized spacial score (nSPS) is 17.4. The maximum atomic E-state index is 13.7. The van der Waals surface area contributed by atoms with Crippen molar-refractivity contribution in [2.75, 3.05) is 49.6 Å². The Morgan fingerprint density at radius 3 is 2.46 bits per heavy atom. The van der Waals surface area contributed by atoms with Gasteiger partial charge in [0.1, 0.15) is 21.5 Å². The Kier molecular flexibility index (Phi) is 7.21. The highest BCUT2D eigenvalue weighted by atomic mass is 32.2. The Morgan fingerprint density at radius 2 is 1.78 bits per heavy atom. The number of piperazine rings is 1. The van der Waals surface area contributed by atoms with Gasteiger partial charge in [-0.15, -0.1) is 0 Å². The summed E-state index contributed by atoms with van der Waals surface area (Å²) in [5.74, 6) is 1.28. The molecule has 1 amide bonds. The maximum absolute atomic E-state index is 13.7. The number of benzene rings is 1. The van der Waals surface area contributed by atoms with E-state index in [4.69, 9.17) is 21.9 Å². The van der Waals surface area contributed by atoms with Crippen molar-refractivity contribution >= 4 is 57.4 Å². The zero-order chi connectivity index (χ0) is 26.1. The second-order valence-corrected chi connectivity index (χ2v) is 10.7. The monoisotopic (exact) mass is 535 g/mol. The molecule has 0 aliphatic carbocycles. The number of carbonyl (C=O) groups excluding carboxylic acids is 1. The van der Waals surface area contributed by atoms with E-state index in [9.17, 15) is 9.59 Å². The van der Waals surface area contributed by atoms with Crippen molar-refractivity contribution in [3.63, 3.8) is 0 Å². The number of nitrogens with zero attached hydrogens (tertiary/aromatic N) is 5. The molecule has 0 N–H and O–H groups in total. The Bertz CT molecular complexity index is 1440. The molecule has 2 fully saturated rings. The zero-order valence-electron chi connectivity index (χ0n) is 21.1. The van der Waals surface area contributed by atoms with Crippen molar-refractivity contribution < 1.29 is 9.53 Å². The average molecular weight is 536 g/mol. The van der Waals surface area contributed by atoms with Crippen LogP contribution in [0.2, 0.25) is 0 Å². The van der Waals surface area contributed by atoms with Gasteiger partial charge in [-0.3, -0.25) is 18.9 Å². The van der Waals surface area contributed by atoms with Crippen molar-refractivity contribution in [1.29, 1.82) is 0 Å². The predicted octanol–water partition coefficient (Wildman–Crippen LogP) is 3.95. The van der Waals surface area contributed by atoms with E-state index in [1.54, 1.807) is 28.7 Å². The number of anilines is 2. The highest BCUT2D eigenvalue weighted by Gasteiger charge is 2.32. The summed E-state index contributed by atoms with van der Waals surface area (Å²) in [6, 6.07) is 11.8. The second-order valence-electron chi connectivity index (χ2n) is 9.04. The van der Waals surface area contributed by atoms with E-state index in [0.29, 0.717) is 45.9 Å². The molecule has 0 saturated carbocycles. The summed E-state index contributed by atoms with van der Waals surface area (Å²) in [7, 11) is 1.66. The Balaban J connectivity index is 1.51. The number of rotatable bonds is 6. The molecule has 5 rings (SSSR count). The number of methoxy groups -OCH3 is 1. The lowest BCUT2D eigenvalue weighted by Gasteiger charge is -2.37. The number of pyridine rings is 1. The summed E-state index contributed by atoms with van der Waals surface area (Å²) in [6.45, 7) is 7.46. The molecule has 0 bridgehead atoms. The molecule has 1 aromatic carbocycles. The zero-order valence-corrected chi connectivity index (χ0v) is 22.8. The third-order valence-corrected chi connectivity index (χ3v) is 8.05. The van der Waals surface area contributed by atoms with Gasteiger partial charge in [-0.05, 0) is 55.3 Å². The van der Waals surface area contributed by atoms with Crippen LogP contribution in [0, 0.1) is 6.92 Å². The quantitative estimate of drug-likeness (QED) is 0.347. The molecule has 0 radical (unpaired) electrons. The van der Waals surface area contributed by atoms with Crippen LogP contribution in [0.5, 0.6) is 5.75 Å². The third-order valence-electron chi connectivity index (χ3n) is 6.68. The van der Waals surface area contributed by atoms with Gasteiger partial charge in [0.2, 0.25) is 0 Å². The van der Waals surface area contributed by atoms with Crippen LogP contribution in [-0.4, -0.2) is 64.3 Å². The second kappa shape index (κ2) is 10.5. The van der Waals surface area contributed by atoms with Gasteiger partial charge in [-0.2, -0.15) is 0 Å². The van der Waals surface area contributed by atoms with Crippen LogP contribution < -0.4 is 20.1 Å². The highest BCUT2D eigenvalue weighted by Crippen LogP contribution is 2.34. The largest absolute Gasteiger partial charge is 0.497 e. The van der Waals surface area contributed by atoms with Crippen molar-refractivity contribution in [2.24, 2.45) is 0 Å². The van der Waals surface area contributed by atoms with Crippen molar-refractivity contribution in [1.82, 2.24) is 14.3 Å². The van der Waals surface area contributed by atoms with E-state index < -0.39 is 0 Å². The van der Waals surface area contributed by atoms with Crippen LogP contribution in [0.15, 0.2) is 52.3 Å². The molecule has 3 aromatic rings. The minimum absolute atomic E-state index is 0.152. The molecule has 0 spiro atoms. The van der Waals surface area contributed by atoms with Gasteiger partial charge < -0.3 is 14.5 Å². The Morgan fingerprint density at radius 1 is 1.08 bits per heavy atom. The molecule has 8 nitrogen and oxygen atoms in total. The van der Waals surface area contributed by atoms with Crippen LogP contribution in [-0.2, 0) is 4.79 Å². The standard InChI is InChI=1S/C27H29N5O3S2/c1-4-11-32-26(34)22(37-27(32)36)17-21-24(28-23-18(2)6-5-12-31(23)25(21)33)30-15-13-29(14-16-30)19-7-9-20(35-3)10-8-19/h5-10,12,17H,4,11,13-16H2,1-3H3. The smallest absolute Gasteiger partial charge is 0.267 e. The molecule has 2 aromatic heterocycles. The first-order valence-electron chi connectivity index (χ1n) is 12.3. The number of amides is 1. The number of aromatic nitrogens is 2. The minimum Gasteiger partial charge on any atom is -0.497 e. The summed E-state index contributed by atoms with van der Waals surface area (Å²) >= 11 is 6.69. The fraction of sp³-hybridized carbons (Fsp3) is 0.333.